The molecular weight excluding hydrogens is 226 g/mol. The van der Waals surface area contributed by atoms with Gasteiger partial charge < -0.3 is 9.52 Å². The van der Waals surface area contributed by atoms with Crippen LogP contribution in [0.5, 0.6) is 5.95 Å². The number of hydrogen-bond acceptors (Lipinski definition) is 3. The Hall–Kier alpha value is -2.55. The van der Waals surface area contributed by atoms with Crippen LogP contribution in [0.15, 0.2) is 59.0 Å². The van der Waals surface area contributed by atoms with Gasteiger partial charge in [-0.25, -0.2) is 0 Å². The van der Waals surface area contributed by atoms with E-state index in [1.54, 1.807) is 6.07 Å². The van der Waals surface area contributed by atoms with E-state index in [1.165, 1.54) is 0 Å². The number of furan rings is 1. The Bertz CT molecular complexity index is 714. The minimum atomic E-state index is -0.204. The number of aromatic hydroxyl groups is 1. The fourth-order valence-corrected chi connectivity index (χ4v) is 2.02. The van der Waals surface area contributed by atoms with Gasteiger partial charge in [-0.05, 0) is 6.07 Å². The van der Waals surface area contributed by atoms with Gasteiger partial charge in [-0.2, -0.15) is 0 Å². The van der Waals surface area contributed by atoms with E-state index in [0.29, 0.717) is 11.1 Å². The molecule has 0 unspecified atom stereocenters. The van der Waals surface area contributed by atoms with Gasteiger partial charge in [0, 0.05) is 10.9 Å². The first kappa shape index (κ1) is 10.6. The molecule has 1 aromatic heterocycles. The summed E-state index contributed by atoms with van der Waals surface area (Å²) in [4.78, 5) is 0. The standard InChI is InChI=1S/C15H11NO2/c16-14(10-6-2-1-3-7-10)13-11-8-4-5-9-12(11)18-15(13)17/h1-9,16-17H. The van der Waals surface area contributed by atoms with Crippen LogP contribution in [0.4, 0.5) is 0 Å². The molecule has 0 aliphatic carbocycles. The van der Waals surface area contributed by atoms with E-state index >= 15 is 0 Å². The van der Waals surface area contributed by atoms with E-state index in [1.807, 2.05) is 48.5 Å². The number of para-hydroxylation sites is 1. The zero-order chi connectivity index (χ0) is 12.5. The third kappa shape index (κ3) is 1.57. The van der Waals surface area contributed by atoms with Crippen molar-refractivity contribution in [3.63, 3.8) is 0 Å². The molecule has 3 rings (SSSR count). The van der Waals surface area contributed by atoms with Gasteiger partial charge >= 0.3 is 0 Å². The highest BCUT2D eigenvalue weighted by atomic mass is 16.5. The molecule has 2 aromatic carbocycles. The Kier molecular flexibility index (Phi) is 2.38. The summed E-state index contributed by atoms with van der Waals surface area (Å²) >= 11 is 0. The van der Waals surface area contributed by atoms with Gasteiger partial charge in [-0.1, -0.05) is 48.5 Å². The van der Waals surface area contributed by atoms with Crippen molar-refractivity contribution in [2.45, 2.75) is 0 Å². The number of fused-ring (bicyclic) bond motifs is 1. The molecule has 18 heavy (non-hydrogen) atoms. The molecule has 0 saturated carbocycles. The molecular formula is C15H11NO2. The van der Waals surface area contributed by atoms with Crippen LogP contribution >= 0.6 is 0 Å². The molecule has 0 aliphatic rings. The van der Waals surface area contributed by atoms with Crippen LogP contribution in [-0.2, 0) is 0 Å². The summed E-state index contributed by atoms with van der Waals surface area (Å²) in [5.41, 5.74) is 2.04. The first-order valence-electron chi connectivity index (χ1n) is 5.62. The van der Waals surface area contributed by atoms with Crippen molar-refractivity contribution in [3.8, 4) is 5.95 Å². The molecule has 0 atom stereocenters. The summed E-state index contributed by atoms with van der Waals surface area (Å²) in [7, 11) is 0. The smallest absolute Gasteiger partial charge is 0.292 e. The predicted molar refractivity (Wildman–Crippen MR) is 70.3 cm³/mol. The van der Waals surface area contributed by atoms with Crippen molar-refractivity contribution in [2.75, 3.05) is 0 Å². The number of rotatable bonds is 2. The van der Waals surface area contributed by atoms with Crippen LogP contribution in [0.25, 0.3) is 11.0 Å². The van der Waals surface area contributed by atoms with Gasteiger partial charge in [0.05, 0.1) is 11.3 Å². The fraction of sp³-hybridized carbons (Fsp3) is 0. The topological polar surface area (TPSA) is 57.2 Å². The van der Waals surface area contributed by atoms with Crippen molar-refractivity contribution in [1.82, 2.24) is 0 Å². The quantitative estimate of drug-likeness (QED) is 0.669. The SMILES string of the molecule is N=C(c1ccccc1)c1c(O)oc2ccccc12. The average molecular weight is 237 g/mol. The number of benzene rings is 2. The maximum absolute atomic E-state index is 9.86. The normalized spacial score (nSPS) is 10.7. The number of hydrogen-bond donors (Lipinski definition) is 2. The molecule has 1 heterocycles. The van der Waals surface area contributed by atoms with E-state index in [9.17, 15) is 5.11 Å². The van der Waals surface area contributed by atoms with Crippen LogP contribution in [0.3, 0.4) is 0 Å². The molecule has 0 saturated heterocycles. The molecule has 0 bridgehead atoms. The van der Waals surface area contributed by atoms with Crippen LogP contribution in [0.2, 0.25) is 0 Å². The van der Waals surface area contributed by atoms with Crippen LogP contribution in [-0.4, -0.2) is 10.8 Å². The van der Waals surface area contributed by atoms with Crippen molar-refractivity contribution in [3.05, 3.63) is 65.7 Å². The lowest BCUT2D eigenvalue weighted by Crippen LogP contribution is -2.00. The summed E-state index contributed by atoms with van der Waals surface area (Å²) in [5.74, 6) is -0.204. The predicted octanol–water partition coefficient (Wildman–Crippen LogP) is 3.55. The fourth-order valence-electron chi connectivity index (χ4n) is 2.02. The van der Waals surface area contributed by atoms with Gasteiger partial charge in [0.2, 0.25) is 0 Å². The van der Waals surface area contributed by atoms with E-state index in [-0.39, 0.29) is 11.7 Å². The first-order valence-corrected chi connectivity index (χ1v) is 5.62. The summed E-state index contributed by atoms with van der Waals surface area (Å²) < 4.78 is 5.26. The molecule has 3 heteroatoms. The van der Waals surface area contributed by atoms with Gasteiger partial charge in [0.25, 0.3) is 5.95 Å². The molecule has 0 spiro atoms. The molecule has 0 fully saturated rings. The molecule has 0 radical (unpaired) electrons. The molecule has 0 amide bonds. The van der Waals surface area contributed by atoms with Gasteiger partial charge in [0.15, 0.2) is 0 Å². The third-order valence-corrected chi connectivity index (χ3v) is 2.89. The Morgan fingerprint density at radius 3 is 2.39 bits per heavy atom. The average Bonchev–Trinajstić information content (AvgIpc) is 2.75. The summed E-state index contributed by atoms with van der Waals surface area (Å²) in [6, 6.07) is 16.6. The second-order valence-electron chi connectivity index (χ2n) is 4.02. The summed E-state index contributed by atoms with van der Waals surface area (Å²) in [6.07, 6.45) is 0. The van der Waals surface area contributed by atoms with E-state index in [4.69, 9.17) is 9.83 Å². The molecule has 3 aromatic rings. The Morgan fingerprint density at radius 2 is 1.61 bits per heavy atom. The third-order valence-electron chi connectivity index (χ3n) is 2.89. The van der Waals surface area contributed by atoms with E-state index in [2.05, 4.69) is 0 Å². The number of nitrogens with one attached hydrogen (secondary N) is 1. The maximum Gasteiger partial charge on any atom is 0.292 e. The highest BCUT2D eigenvalue weighted by molar-refractivity contribution is 6.18. The first-order chi connectivity index (χ1) is 8.77. The lowest BCUT2D eigenvalue weighted by Gasteiger charge is -2.02. The summed E-state index contributed by atoms with van der Waals surface area (Å²) in [6.45, 7) is 0. The van der Waals surface area contributed by atoms with Crippen molar-refractivity contribution < 1.29 is 9.52 Å². The molecule has 0 aliphatic heterocycles. The van der Waals surface area contributed by atoms with Crippen molar-refractivity contribution in [2.24, 2.45) is 0 Å². The highest BCUT2D eigenvalue weighted by Gasteiger charge is 2.18. The van der Waals surface area contributed by atoms with Crippen molar-refractivity contribution in [1.29, 1.82) is 5.41 Å². The minimum absolute atomic E-state index is 0.204. The van der Waals surface area contributed by atoms with Crippen molar-refractivity contribution >= 4 is 16.7 Å². The van der Waals surface area contributed by atoms with Crippen LogP contribution in [0, 0.1) is 5.41 Å². The molecule has 88 valence electrons. The minimum Gasteiger partial charge on any atom is -0.480 e. The van der Waals surface area contributed by atoms with E-state index in [0.717, 1.165) is 10.9 Å². The van der Waals surface area contributed by atoms with Crippen LogP contribution < -0.4 is 0 Å². The zero-order valence-corrected chi connectivity index (χ0v) is 9.55. The largest absolute Gasteiger partial charge is 0.480 e. The lowest BCUT2D eigenvalue weighted by molar-refractivity contribution is 0.345. The van der Waals surface area contributed by atoms with Gasteiger partial charge in [-0.15, -0.1) is 0 Å². The second kappa shape index (κ2) is 4.04. The zero-order valence-electron chi connectivity index (χ0n) is 9.55. The van der Waals surface area contributed by atoms with Crippen LogP contribution in [0.1, 0.15) is 11.1 Å². The molecule has 3 nitrogen and oxygen atoms in total. The molecule has 2 N–H and O–H groups in total. The Labute approximate surface area is 104 Å². The highest BCUT2D eigenvalue weighted by Crippen LogP contribution is 2.32. The Balaban J connectivity index is 2.21. The Morgan fingerprint density at radius 1 is 0.944 bits per heavy atom. The van der Waals surface area contributed by atoms with Gasteiger partial charge in [-0.3, -0.25) is 5.41 Å². The monoisotopic (exact) mass is 237 g/mol. The maximum atomic E-state index is 9.86. The summed E-state index contributed by atoms with van der Waals surface area (Å²) in [5, 5.41) is 18.8. The second-order valence-corrected chi connectivity index (χ2v) is 4.02. The van der Waals surface area contributed by atoms with E-state index < -0.39 is 0 Å². The van der Waals surface area contributed by atoms with Gasteiger partial charge in [0.1, 0.15) is 5.58 Å². The lowest BCUT2D eigenvalue weighted by atomic mass is 10.0.